The average Bonchev–Trinajstić information content (AvgIpc) is 3.06. The van der Waals surface area contributed by atoms with Crippen molar-refractivity contribution in [1.29, 1.82) is 0 Å². The van der Waals surface area contributed by atoms with E-state index >= 15 is 0 Å². The molecule has 106 valence electrons. The molecule has 0 amide bonds. The summed E-state index contributed by atoms with van der Waals surface area (Å²) in [6, 6.07) is 0. The van der Waals surface area contributed by atoms with Gasteiger partial charge in [0.1, 0.15) is 6.20 Å². The van der Waals surface area contributed by atoms with Crippen LogP contribution < -0.4 is 4.90 Å². The van der Waals surface area contributed by atoms with Crippen molar-refractivity contribution >= 4 is 22.3 Å². The first-order chi connectivity index (χ1) is 9.66. The van der Waals surface area contributed by atoms with Gasteiger partial charge in [0.05, 0.1) is 20.3 Å². The van der Waals surface area contributed by atoms with E-state index in [1.165, 1.54) is 22.1 Å². The van der Waals surface area contributed by atoms with Crippen molar-refractivity contribution in [3.8, 4) is 10.8 Å². The molecule has 9 nitrogen and oxygen atoms in total. The van der Waals surface area contributed by atoms with Crippen LogP contribution in [0.3, 0.4) is 0 Å². The summed E-state index contributed by atoms with van der Waals surface area (Å²) >= 11 is 1.37. The Bertz CT molecular complexity index is 633. The zero-order chi connectivity index (χ0) is 14.1. The normalized spacial score (nSPS) is 15.6. The van der Waals surface area contributed by atoms with Gasteiger partial charge in [0, 0.05) is 13.1 Å². The first-order valence-corrected chi connectivity index (χ1v) is 6.81. The van der Waals surface area contributed by atoms with Crippen LogP contribution in [0, 0.1) is 10.1 Å². The van der Waals surface area contributed by atoms with Crippen LogP contribution in [-0.4, -0.2) is 51.0 Å². The first-order valence-electron chi connectivity index (χ1n) is 5.99. The van der Waals surface area contributed by atoms with Gasteiger partial charge in [-0.2, -0.15) is 0 Å². The van der Waals surface area contributed by atoms with E-state index in [-0.39, 0.29) is 5.82 Å². The predicted octanol–water partition coefficient (Wildman–Crippen LogP) is 0.683. The van der Waals surface area contributed by atoms with Gasteiger partial charge >= 0.3 is 5.82 Å². The number of anilines is 1. The molecule has 0 radical (unpaired) electrons. The molecule has 3 heterocycles. The van der Waals surface area contributed by atoms with E-state index in [1.54, 1.807) is 7.05 Å². The standard InChI is InChI=1S/C10H12N6O3S/c1-14-7(16(17)18)6-11-8(14)9-12-13-10(20-9)15-2-4-19-5-3-15/h6H,2-5H2,1H3. The Morgan fingerprint density at radius 2 is 2.15 bits per heavy atom. The molecule has 0 unspecified atom stereocenters. The molecule has 3 rings (SSSR count). The highest BCUT2D eigenvalue weighted by Crippen LogP contribution is 2.29. The molecule has 1 aliphatic rings. The summed E-state index contributed by atoms with van der Waals surface area (Å²) in [5, 5.41) is 20.4. The second kappa shape index (κ2) is 5.13. The van der Waals surface area contributed by atoms with E-state index < -0.39 is 4.92 Å². The minimum atomic E-state index is -0.472. The van der Waals surface area contributed by atoms with E-state index in [9.17, 15) is 10.1 Å². The fourth-order valence-electron chi connectivity index (χ4n) is 1.96. The molecule has 0 saturated carbocycles. The Hall–Kier alpha value is -2.07. The third-order valence-electron chi connectivity index (χ3n) is 3.04. The maximum Gasteiger partial charge on any atom is 0.342 e. The molecule has 1 aliphatic heterocycles. The van der Waals surface area contributed by atoms with Gasteiger partial charge in [-0.05, 0) is 4.92 Å². The molecular formula is C10H12N6O3S. The van der Waals surface area contributed by atoms with Crippen LogP contribution in [0.5, 0.6) is 0 Å². The van der Waals surface area contributed by atoms with E-state index in [2.05, 4.69) is 20.1 Å². The molecule has 0 N–H and O–H groups in total. The molecule has 1 saturated heterocycles. The van der Waals surface area contributed by atoms with Crippen LogP contribution >= 0.6 is 11.3 Å². The van der Waals surface area contributed by atoms with Crippen molar-refractivity contribution in [3.63, 3.8) is 0 Å². The van der Waals surface area contributed by atoms with Gasteiger partial charge < -0.3 is 19.8 Å². The predicted molar refractivity (Wildman–Crippen MR) is 71.8 cm³/mol. The average molecular weight is 296 g/mol. The SMILES string of the molecule is Cn1c([N+](=O)[O-])cnc1-c1nnc(N2CCOCC2)s1. The van der Waals surface area contributed by atoms with Crippen molar-refractivity contribution in [3.05, 3.63) is 16.3 Å². The molecule has 0 spiro atoms. The number of hydrogen-bond acceptors (Lipinski definition) is 8. The Kier molecular flexibility index (Phi) is 3.32. The van der Waals surface area contributed by atoms with Crippen LogP contribution in [0.25, 0.3) is 10.8 Å². The highest BCUT2D eigenvalue weighted by Gasteiger charge is 2.23. The van der Waals surface area contributed by atoms with E-state index in [0.29, 0.717) is 24.0 Å². The summed E-state index contributed by atoms with van der Waals surface area (Å²) in [7, 11) is 1.59. The molecule has 20 heavy (non-hydrogen) atoms. The maximum atomic E-state index is 10.8. The molecular weight excluding hydrogens is 284 g/mol. The second-order valence-corrected chi connectivity index (χ2v) is 5.20. The lowest BCUT2D eigenvalue weighted by Gasteiger charge is -2.25. The molecule has 0 aliphatic carbocycles. The van der Waals surface area contributed by atoms with Gasteiger partial charge in [-0.3, -0.25) is 0 Å². The quantitative estimate of drug-likeness (QED) is 0.606. The van der Waals surface area contributed by atoms with Crippen LogP contribution in [0.4, 0.5) is 10.9 Å². The minimum absolute atomic E-state index is 0.0666. The van der Waals surface area contributed by atoms with Crippen molar-refractivity contribution in [2.24, 2.45) is 7.05 Å². The fourth-order valence-corrected chi connectivity index (χ4v) is 2.89. The molecule has 0 atom stereocenters. The van der Waals surface area contributed by atoms with E-state index in [0.717, 1.165) is 18.2 Å². The Labute approximate surface area is 118 Å². The summed E-state index contributed by atoms with van der Waals surface area (Å²) in [6.07, 6.45) is 1.23. The summed E-state index contributed by atoms with van der Waals surface area (Å²) in [4.78, 5) is 16.5. The van der Waals surface area contributed by atoms with Gasteiger partial charge in [0.2, 0.25) is 10.1 Å². The molecule has 10 heteroatoms. The lowest BCUT2D eigenvalue weighted by Crippen LogP contribution is -2.36. The van der Waals surface area contributed by atoms with Gasteiger partial charge in [-0.1, -0.05) is 11.3 Å². The number of nitro groups is 1. The first kappa shape index (κ1) is 12.9. The van der Waals surface area contributed by atoms with Crippen molar-refractivity contribution in [1.82, 2.24) is 19.7 Å². The number of ether oxygens (including phenoxy) is 1. The van der Waals surface area contributed by atoms with Gasteiger partial charge in [0.15, 0.2) is 0 Å². The lowest BCUT2D eigenvalue weighted by molar-refractivity contribution is -0.391. The molecule has 0 aromatic carbocycles. The smallest absolute Gasteiger partial charge is 0.342 e. The van der Waals surface area contributed by atoms with Gasteiger partial charge in [-0.15, -0.1) is 10.2 Å². The Morgan fingerprint density at radius 3 is 2.80 bits per heavy atom. The molecule has 1 fully saturated rings. The van der Waals surface area contributed by atoms with Crippen molar-refractivity contribution in [2.75, 3.05) is 31.2 Å². The maximum absolute atomic E-state index is 10.8. The van der Waals surface area contributed by atoms with Crippen LogP contribution in [0.15, 0.2) is 6.20 Å². The monoisotopic (exact) mass is 296 g/mol. The molecule has 2 aromatic heterocycles. The largest absolute Gasteiger partial charge is 0.378 e. The third kappa shape index (κ3) is 2.23. The molecule has 0 bridgehead atoms. The highest BCUT2D eigenvalue weighted by atomic mass is 32.1. The van der Waals surface area contributed by atoms with Crippen LogP contribution in [0.1, 0.15) is 0 Å². The second-order valence-electron chi connectivity index (χ2n) is 4.25. The van der Waals surface area contributed by atoms with E-state index in [1.807, 2.05) is 0 Å². The topological polar surface area (TPSA) is 99.2 Å². The Balaban J connectivity index is 1.88. The van der Waals surface area contributed by atoms with Crippen molar-refractivity contribution in [2.45, 2.75) is 0 Å². The Morgan fingerprint density at radius 1 is 1.40 bits per heavy atom. The number of aromatic nitrogens is 4. The van der Waals surface area contributed by atoms with Crippen molar-refractivity contribution < 1.29 is 9.66 Å². The third-order valence-corrected chi connectivity index (χ3v) is 4.02. The van der Waals surface area contributed by atoms with Gasteiger partial charge in [-0.25, -0.2) is 9.55 Å². The van der Waals surface area contributed by atoms with Crippen LogP contribution in [-0.2, 0) is 11.8 Å². The lowest BCUT2D eigenvalue weighted by atomic mass is 10.5. The number of morpholine rings is 1. The minimum Gasteiger partial charge on any atom is -0.378 e. The summed E-state index contributed by atoms with van der Waals surface area (Å²) in [6.45, 7) is 2.89. The van der Waals surface area contributed by atoms with Gasteiger partial charge in [0.25, 0.3) is 5.82 Å². The molecule has 2 aromatic rings. The number of nitrogens with zero attached hydrogens (tertiary/aromatic N) is 6. The highest BCUT2D eigenvalue weighted by molar-refractivity contribution is 7.18. The van der Waals surface area contributed by atoms with Crippen LogP contribution in [0.2, 0.25) is 0 Å². The number of imidazole rings is 1. The summed E-state index contributed by atoms with van der Waals surface area (Å²) in [5.41, 5.74) is 0. The van der Waals surface area contributed by atoms with E-state index in [4.69, 9.17) is 4.74 Å². The summed E-state index contributed by atoms with van der Waals surface area (Å²) in [5.74, 6) is 0.386. The summed E-state index contributed by atoms with van der Waals surface area (Å²) < 4.78 is 6.69. The zero-order valence-corrected chi connectivity index (χ0v) is 11.5. The number of hydrogen-bond donors (Lipinski definition) is 0. The fraction of sp³-hybridized carbons (Fsp3) is 0.500. The zero-order valence-electron chi connectivity index (χ0n) is 10.7. The number of rotatable bonds is 3.